The fourth-order valence-corrected chi connectivity index (χ4v) is 6.74. The molecule has 9 N–H and O–H groups in total. The number of hydrogen-bond donors (Lipinski definition) is 9. The van der Waals surface area contributed by atoms with Crippen LogP contribution in [0.5, 0.6) is 0 Å². The Morgan fingerprint density at radius 1 is 0.519 bits per heavy atom. The smallest absolute Gasteiger partial charge is 0.407 e. The zero-order valence-electron chi connectivity index (χ0n) is 48.3. The standard InChI is InChI=1S/C52H98N12O13/c1-12-14-20-53-21-15-43(65)58-35-41(73-31-23-56-48(70)76-51(6,7)8)36-60-45(67)18-27-64(29-33-72-30-22-55-47(69)75-50(3,4)5)28-19-46(68)61-38-42(74-32-24-57-49(71)77-52(9,10)11)37-59-44(66)17-26-63(13-2)25-16-40-34-54-39-62-40/h34,39,41-42,53H,12-33,35-38H2,1-11H3,(H,54,62)(H,55,69)(H,56,70)(H,57,71)(H,58,65)(H,59,66)(H,60,67)(H,61,68). The average Bonchev–Trinajstić information content (AvgIpc) is 3.86. The Morgan fingerprint density at radius 3 is 1.35 bits per heavy atom. The van der Waals surface area contributed by atoms with E-state index in [1.165, 1.54) is 0 Å². The maximum absolute atomic E-state index is 13.4. The van der Waals surface area contributed by atoms with Crippen molar-refractivity contribution in [1.82, 2.24) is 62.3 Å². The van der Waals surface area contributed by atoms with Crippen LogP contribution in [-0.4, -0.2) is 215 Å². The molecule has 1 aromatic rings. The summed E-state index contributed by atoms with van der Waals surface area (Å²) in [5, 5.41) is 22.8. The highest BCUT2D eigenvalue weighted by molar-refractivity contribution is 5.78. The molecule has 0 saturated heterocycles. The number of likely N-dealkylation sites (N-methyl/N-ethyl adjacent to an activating group) is 1. The fraction of sp³-hybridized carbons (Fsp3) is 0.808. The summed E-state index contributed by atoms with van der Waals surface area (Å²) < 4.78 is 33.7. The first kappa shape index (κ1) is 69.7. The maximum atomic E-state index is 13.4. The fourth-order valence-electron chi connectivity index (χ4n) is 6.74. The van der Waals surface area contributed by atoms with Gasteiger partial charge >= 0.3 is 18.3 Å². The van der Waals surface area contributed by atoms with Crippen molar-refractivity contribution in [3.63, 3.8) is 0 Å². The number of carbonyl (C=O) groups is 7. The molecule has 7 amide bonds. The zero-order valence-corrected chi connectivity index (χ0v) is 48.3. The van der Waals surface area contributed by atoms with Gasteiger partial charge in [-0.25, -0.2) is 19.4 Å². The Bertz CT molecular complexity index is 1810. The molecule has 0 aromatic carbocycles. The van der Waals surface area contributed by atoms with Crippen molar-refractivity contribution in [2.45, 2.75) is 150 Å². The topological polar surface area (TPSA) is 306 Å². The number of aromatic amines is 1. The van der Waals surface area contributed by atoms with Gasteiger partial charge in [-0.2, -0.15) is 0 Å². The molecule has 0 fully saturated rings. The molecular weight excluding hydrogens is 1000 g/mol. The summed E-state index contributed by atoms with van der Waals surface area (Å²) in [6.45, 7) is 25.7. The van der Waals surface area contributed by atoms with E-state index in [1.807, 2.05) is 11.8 Å². The maximum Gasteiger partial charge on any atom is 0.407 e. The van der Waals surface area contributed by atoms with E-state index in [1.54, 1.807) is 74.8 Å². The van der Waals surface area contributed by atoms with Crippen molar-refractivity contribution in [3.8, 4) is 0 Å². The van der Waals surface area contributed by atoms with Crippen LogP contribution in [-0.2, 0) is 54.0 Å². The lowest BCUT2D eigenvalue weighted by atomic mass is 10.2. The highest BCUT2D eigenvalue weighted by Crippen LogP contribution is 2.08. The second-order valence-electron chi connectivity index (χ2n) is 21.3. The Hall–Kier alpha value is -5.34. The number of rotatable bonds is 41. The molecule has 1 heterocycles. The number of nitrogens with zero attached hydrogens (tertiary/aromatic N) is 3. The van der Waals surface area contributed by atoms with Gasteiger partial charge in [-0.1, -0.05) is 20.3 Å². The van der Waals surface area contributed by atoms with Crippen molar-refractivity contribution in [2.24, 2.45) is 0 Å². The van der Waals surface area contributed by atoms with Crippen LogP contribution in [0.3, 0.4) is 0 Å². The van der Waals surface area contributed by atoms with Crippen LogP contribution in [0.4, 0.5) is 14.4 Å². The summed E-state index contributed by atoms with van der Waals surface area (Å²) in [4.78, 5) is 100. The Balaban J connectivity index is 2.96. The molecule has 1 rings (SSSR count). The first-order valence-electron chi connectivity index (χ1n) is 27.3. The number of nitrogens with one attached hydrogen (secondary N) is 9. The number of aromatic nitrogens is 2. The minimum Gasteiger partial charge on any atom is -0.444 e. The Kier molecular flexibility index (Phi) is 36.1. The van der Waals surface area contributed by atoms with Crippen molar-refractivity contribution in [2.75, 3.05) is 125 Å². The van der Waals surface area contributed by atoms with Gasteiger partial charge in [0, 0.05) is 129 Å². The van der Waals surface area contributed by atoms with Gasteiger partial charge in [-0.3, -0.25) is 19.2 Å². The third kappa shape index (κ3) is 42.4. The van der Waals surface area contributed by atoms with E-state index in [4.69, 9.17) is 28.4 Å². The second kappa shape index (κ2) is 39.9. The number of carbonyl (C=O) groups excluding carboxylic acids is 7. The predicted octanol–water partition coefficient (Wildman–Crippen LogP) is 2.35. The minimum atomic E-state index is -0.680. The molecule has 2 unspecified atom stereocenters. The molecule has 444 valence electrons. The van der Waals surface area contributed by atoms with Gasteiger partial charge in [-0.05, 0) is 81.8 Å². The number of unbranched alkanes of at least 4 members (excludes halogenated alkanes) is 1. The molecule has 0 radical (unpaired) electrons. The first-order chi connectivity index (χ1) is 36.4. The van der Waals surface area contributed by atoms with Crippen LogP contribution in [0.25, 0.3) is 0 Å². The third-order valence-electron chi connectivity index (χ3n) is 10.7. The quantitative estimate of drug-likeness (QED) is 0.0336. The van der Waals surface area contributed by atoms with Crippen LogP contribution in [0, 0.1) is 0 Å². The Labute approximate surface area is 457 Å². The van der Waals surface area contributed by atoms with Crippen molar-refractivity contribution in [3.05, 3.63) is 18.2 Å². The van der Waals surface area contributed by atoms with Gasteiger partial charge < -0.3 is 85.7 Å². The van der Waals surface area contributed by atoms with Crippen molar-refractivity contribution in [1.29, 1.82) is 0 Å². The molecular formula is C52H98N12O13. The SMILES string of the molecule is CCCCNCCC(=O)NCC(CNC(=O)CCN(CCOCCNC(=O)OC(C)(C)C)CCC(=O)NCC(CNC(=O)CCN(CC)CCc1cnc[nH]1)OCCNC(=O)OC(C)(C)C)OCCNC(=O)OC(C)(C)C. The second-order valence-corrected chi connectivity index (χ2v) is 21.3. The highest BCUT2D eigenvalue weighted by Gasteiger charge is 2.21. The molecule has 0 aliphatic carbocycles. The lowest BCUT2D eigenvalue weighted by Crippen LogP contribution is -2.44. The summed E-state index contributed by atoms with van der Waals surface area (Å²) in [5.74, 6) is -0.949. The summed E-state index contributed by atoms with van der Waals surface area (Å²) in [5.41, 5.74) is -0.987. The minimum absolute atomic E-state index is 0.0492. The largest absolute Gasteiger partial charge is 0.444 e. The van der Waals surface area contributed by atoms with E-state index in [9.17, 15) is 33.6 Å². The lowest BCUT2D eigenvalue weighted by Gasteiger charge is -2.24. The first-order valence-corrected chi connectivity index (χ1v) is 27.3. The van der Waals surface area contributed by atoms with Crippen LogP contribution < -0.4 is 42.5 Å². The van der Waals surface area contributed by atoms with E-state index in [0.717, 1.165) is 44.6 Å². The van der Waals surface area contributed by atoms with Crippen molar-refractivity contribution < 1.29 is 62.0 Å². The number of alkyl carbamates (subject to hydrolysis) is 3. The third-order valence-corrected chi connectivity index (χ3v) is 10.7. The van der Waals surface area contributed by atoms with Gasteiger partial charge in [0.15, 0.2) is 0 Å². The molecule has 77 heavy (non-hydrogen) atoms. The van der Waals surface area contributed by atoms with E-state index in [2.05, 4.69) is 64.3 Å². The molecule has 2 atom stereocenters. The van der Waals surface area contributed by atoms with Gasteiger partial charge in [0.25, 0.3) is 0 Å². The van der Waals surface area contributed by atoms with Crippen LogP contribution in [0.15, 0.2) is 12.5 Å². The van der Waals surface area contributed by atoms with Gasteiger partial charge in [0.05, 0.1) is 45.0 Å². The number of hydrogen-bond acceptors (Lipinski definition) is 17. The monoisotopic (exact) mass is 1100 g/mol. The van der Waals surface area contributed by atoms with E-state index < -0.39 is 47.3 Å². The Morgan fingerprint density at radius 2 is 0.948 bits per heavy atom. The average molecular weight is 1100 g/mol. The van der Waals surface area contributed by atoms with Gasteiger partial charge in [0.1, 0.15) is 16.8 Å². The molecule has 0 aliphatic rings. The summed E-state index contributed by atoms with van der Waals surface area (Å²) >= 11 is 0. The van der Waals surface area contributed by atoms with Crippen LogP contribution in [0.1, 0.15) is 120 Å². The molecule has 25 heteroatoms. The molecule has 1 aromatic heterocycles. The number of H-pyrrole nitrogens is 1. The van der Waals surface area contributed by atoms with E-state index in [0.29, 0.717) is 19.6 Å². The molecule has 25 nitrogen and oxygen atoms in total. The molecule has 0 saturated carbocycles. The number of ether oxygens (including phenoxy) is 6. The predicted molar refractivity (Wildman–Crippen MR) is 292 cm³/mol. The van der Waals surface area contributed by atoms with Crippen LogP contribution in [0.2, 0.25) is 0 Å². The van der Waals surface area contributed by atoms with Gasteiger partial charge in [0.2, 0.25) is 23.6 Å². The number of amides is 7. The van der Waals surface area contributed by atoms with Crippen LogP contribution >= 0.6 is 0 Å². The molecule has 0 bridgehead atoms. The molecule has 0 aliphatic heterocycles. The molecule has 0 spiro atoms. The van der Waals surface area contributed by atoms with Gasteiger partial charge in [-0.15, -0.1) is 0 Å². The zero-order chi connectivity index (χ0) is 57.5. The van der Waals surface area contributed by atoms with E-state index >= 15 is 0 Å². The highest BCUT2D eigenvalue weighted by atomic mass is 16.6. The summed E-state index contributed by atoms with van der Waals surface area (Å²) in [6.07, 6.45) is 3.88. The van der Waals surface area contributed by atoms with Crippen molar-refractivity contribution >= 4 is 41.9 Å². The van der Waals surface area contributed by atoms with E-state index in [-0.39, 0.29) is 135 Å². The summed E-state index contributed by atoms with van der Waals surface area (Å²) in [6, 6.07) is 0. The normalized spacial score (nSPS) is 12.6. The number of imidazole rings is 1. The summed E-state index contributed by atoms with van der Waals surface area (Å²) in [7, 11) is 0. The lowest BCUT2D eigenvalue weighted by molar-refractivity contribution is -0.123.